The van der Waals surface area contributed by atoms with E-state index in [9.17, 15) is 4.79 Å². The van der Waals surface area contributed by atoms with E-state index >= 15 is 0 Å². The van der Waals surface area contributed by atoms with Gasteiger partial charge in [0.15, 0.2) is 0 Å². The predicted octanol–water partition coefficient (Wildman–Crippen LogP) is 2.72. The fraction of sp³-hybridized carbons (Fsp3) is 0.429. The zero-order chi connectivity index (χ0) is 20.8. The zero-order valence-electron chi connectivity index (χ0n) is 17.1. The second kappa shape index (κ2) is 10.2. The summed E-state index contributed by atoms with van der Waals surface area (Å²) in [5, 5.41) is 14.7. The van der Waals surface area contributed by atoms with Gasteiger partial charge in [0.1, 0.15) is 0 Å². The molecule has 0 spiro atoms. The summed E-state index contributed by atoms with van der Waals surface area (Å²) in [6.45, 7) is 7.14. The van der Waals surface area contributed by atoms with Crippen molar-refractivity contribution in [3.8, 4) is 0 Å². The molecule has 0 bridgehead atoms. The van der Waals surface area contributed by atoms with Gasteiger partial charge in [-0.25, -0.2) is 4.68 Å². The monoisotopic (exact) mass is 442 g/mol. The van der Waals surface area contributed by atoms with E-state index < -0.39 is 0 Å². The number of nitrogens with zero attached hydrogens (tertiary/aromatic N) is 6. The quantitative estimate of drug-likeness (QED) is 0.500. The van der Waals surface area contributed by atoms with Crippen LogP contribution < -0.4 is 0 Å². The van der Waals surface area contributed by atoms with Gasteiger partial charge in [0.2, 0.25) is 11.1 Å². The van der Waals surface area contributed by atoms with Crippen molar-refractivity contribution in [2.45, 2.75) is 31.6 Å². The summed E-state index contributed by atoms with van der Waals surface area (Å²) >= 11 is 3.16. The van der Waals surface area contributed by atoms with Crippen LogP contribution in [0, 0.1) is 6.92 Å². The van der Waals surface area contributed by atoms with E-state index in [0.717, 1.165) is 45.7 Å². The van der Waals surface area contributed by atoms with E-state index in [-0.39, 0.29) is 5.91 Å². The van der Waals surface area contributed by atoms with Gasteiger partial charge < -0.3 is 4.90 Å². The minimum absolute atomic E-state index is 0.156. The smallest absolute Gasteiger partial charge is 0.233 e. The first kappa shape index (κ1) is 21.0. The van der Waals surface area contributed by atoms with Gasteiger partial charge in [0.05, 0.1) is 12.3 Å². The van der Waals surface area contributed by atoms with Crippen molar-refractivity contribution in [3.63, 3.8) is 0 Å². The third kappa shape index (κ3) is 5.68. The SMILES string of the molecule is Cc1cccc(CN2CCN(C(=O)CSc3nnnn3CCc3cccs3)CC2)c1. The lowest BCUT2D eigenvalue weighted by Gasteiger charge is -2.34. The van der Waals surface area contributed by atoms with Gasteiger partial charge in [-0.1, -0.05) is 47.7 Å². The number of hydrogen-bond donors (Lipinski definition) is 0. The number of thioether (sulfide) groups is 1. The first-order valence-corrected chi connectivity index (χ1v) is 12.0. The summed E-state index contributed by atoms with van der Waals surface area (Å²) in [7, 11) is 0. The van der Waals surface area contributed by atoms with Crippen LogP contribution in [0.5, 0.6) is 0 Å². The summed E-state index contributed by atoms with van der Waals surface area (Å²) in [4.78, 5) is 18.3. The topological polar surface area (TPSA) is 67.2 Å². The first-order valence-electron chi connectivity index (χ1n) is 10.1. The molecule has 0 unspecified atom stereocenters. The number of aromatic nitrogens is 4. The summed E-state index contributed by atoms with van der Waals surface area (Å²) < 4.78 is 1.79. The second-order valence-corrected chi connectivity index (χ2v) is 9.42. The maximum atomic E-state index is 12.7. The van der Waals surface area contributed by atoms with Crippen molar-refractivity contribution in [1.82, 2.24) is 30.0 Å². The molecule has 7 nitrogen and oxygen atoms in total. The molecule has 30 heavy (non-hydrogen) atoms. The molecule has 0 aliphatic carbocycles. The van der Waals surface area contributed by atoms with Gasteiger partial charge >= 0.3 is 0 Å². The van der Waals surface area contributed by atoms with E-state index in [1.54, 1.807) is 16.0 Å². The molecule has 1 aromatic carbocycles. The van der Waals surface area contributed by atoms with Crippen LogP contribution in [0.25, 0.3) is 0 Å². The molecule has 9 heteroatoms. The molecule has 158 valence electrons. The van der Waals surface area contributed by atoms with Gasteiger partial charge in [-0.2, -0.15) is 0 Å². The van der Waals surface area contributed by atoms with E-state index in [4.69, 9.17) is 0 Å². The molecular weight excluding hydrogens is 416 g/mol. The van der Waals surface area contributed by atoms with Crippen molar-refractivity contribution in [2.24, 2.45) is 0 Å². The number of aryl methyl sites for hydroxylation is 3. The normalized spacial score (nSPS) is 14.9. The lowest BCUT2D eigenvalue weighted by atomic mass is 10.1. The van der Waals surface area contributed by atoms with E-state index in [1.807, 2.05) is 4.90 Å². The highest BCUT2D eigenvalue weighted by atomic mass is 32.2. The Balaban J connectivity index is 1.21. The summed E-state index contributed by atoms with van der Waals surface area (Å²) in [6.07, 6.45) is 0.896. The molecule has 0 atom stereocenters. The number of amides is 1. The van der Waals surface area contributed by atoms with Crippen LogP contribution in [-0.4, -0.2) is 67.8 Å². The number of hydrogen-bond acceptors (Lipinski definition) is 7. The molecular formula is C21H26N6OS2. The molecule has 0 saturated carbocycles. The van der Waals surface area contributed by atoms with E-state index in [2.05, 4.69) is 69.1 Å². The molecule has 0 N–H and O–H groups in total. The van der Waals surface area contributed by atoms with Crippen molar-refractivity contribution < 1.29 is 4.79 Å². The average molecular weight is 443 g/mol. The van der Waals surface area contributed by atoms with E-state index in [0.29, 0.717) is 10.9 Å². The maximum absolute atomic E-state index is 12.7. The number of carbonyl (C=O) groups is 1. The lowest BCUT2D eigenvalue weighted by molar-refractivity contribution is -0.130. The third-order valence-corrected chi connectivity index (χ3v) is 7.07. The molecule has 1 aliphatic rings. The number of benzene rings is 1. The van der Waals surface area contributed by atoms with Crippen LogP contribution in [-0.2, 0) is 24.3 Å². The first-order chi connectivity index (χ1) is 14.7. The minimum Gasteiger partial charge on any atom is -0.339 e. The highest BCUT2D eigenvalue weighted by Crippen LogP contribution is 2.17. The molecule has 3 aromatic rings. The van der Waals surface area contributed by atoms with Crippen LogP contribution in [0.4, 0.5) is 0 Å². The number of tetrazole rings is 1. The Morgan fingerprint density at radius 2 is 2.03 bits per heavy atom. The Kier molecular flexibility index (Phi) is 7.14. The summed E-state index contributed by atoms with van der Waals surface area (Å²) in [5.74, 6) is 0.528. The standard InChI is InChI=1S/C21H26N6OS2/c1-17-4-2-5-18(14-17)15-25-9-11-26(12-10-25)20(28)16-30-21-22-23-24-27(21)8-7-19-6-3-13-29-19/h2-6,13-14H,7-12,15-16H2,1H3. The average Bonchev–Trinajstić information content (AvgIpc) is 3.43. The van der Waals surface area contributed by atoms with Gasteiger partial charge in [0, 0.05) is 44.0 Å². The summed E-state index contributed by atoms with van der Waals surface area (Å²) in [5.41, 5.74) is 2.62. The Hall–Kier alpha value is -2.23. The Labute approximate surface area is 185 Å². The molecule has 1 amide bonds. The fourth-order valence-electron chi connectivity index (χ4n) is 3.55. The van der Waals surface area contributed by atoms with Crippen LogP contribution in [0.3, 0.4) is 0 Å². The number of carbonyl (C=O) groups excluding carboxylic acids is 1. The molecule has 1 saturated heterocycles. The molecule has 4 rings (SSSR count). The molecule has 1 fully saturated rings. The minimum atomic E-state index is 0.156. The van der Waals surface area contributed by atoms with Crippen LogP contribution >= 0.6 is 23.1 Å². The van der Waals surface area contributed by atoms with Crippen molar-refractivity contribution in [1.29, 1.82) is 0 Å². The Morgan fingerprint density at radius 3 is 2.80 bits per heavy atom. The van der Waals surface area contributed by atoms with Crippen LogP contribution in [0.1, 0.15) is 16.0 Å². The Bertz CT molecular complexity index is 950. The number of thiophene rings is 1. The highest BCUT2D eigenvalue weighted by Gasteiger charge is 2.22. The number of rotatable bonds is 8. The highest BCUT2D eigenvalue weighted by molar-refractivity contribution is 7.99. The lowest BCUT2D eigenvalue weighted by Crippen LogP contribution is -2.48. The second-order valence-electron chi connectivity index (χ2n) is 7.45. The number of piperazine rings is 1. The zero-order valence-corrected chi connectivity index (χ0v) is 18.7. The third-order valence-electron chi connectivity index (χ3n) is 5.19. The molecule has 1 aliphatic heterocycles. The van der Waals surface area contributed by atoms with Crippen molar-refractivity contribution in [3.05, 3.63) is 57.8 Å². The van der Waals surface area contributed by atoms with Crippen LogP contribution in [0.15, 0.2) is 46.9 Å². The van der Waals surface area contributed by atoms with Gasteiger partial charge in [-0.15, -0.1) is 16.4 Å². The van der Waals surface area contributed by atoms with Gasteiger partial charge in [0.25, 0.3) is 0 Å². The maximum Gasteiger partial charge on any atom is 0.233 e. The van der Waals surface area contributed by atoms with Gasteiger partial charge in [-0.05, 0) is 34.4 Å². The fourth-order valence-corrected chi connectivity index (χ4v) is 5.06. The molecule has 2 aromatic heterocycles. The summed E-state index contributed by atoms with van der Waals surface area (Å²) in [6, 6.07) is 12.8. The van der Waals surface area contributed by atoms with Crippen LogP contribution in [0.2, 0.25) is 0 Å². The van der Waals surface area contributed by atoms with Crippen molar-refractivity contribution in [2.75, 3.05) is 31.9 Å². The largest absolute Gasteiger partial charge is 0.339 e. The Morgan fingerprint density at radius 1 is 1.17 bits per heavy atom. The van der Waals surface area contributed by atoms with Crippen molar-refractivity contribution >= 4 is 29.0 Å². The molecule has 0 radical (unpaired) electrons. The predicted molar refractivity (Wildman–Crippen MR) is 120 cm³/mol. The van der Waals surface area contributed by atoms with Gasteiger partial charge in [-0.3, -0.25) is 9.69 Å². The molecule has 3 heterocycles. The van der Waals surface area contributed by atoms with E-state index in [1.165, 1.54) is 27.8 Å².